The van der Waals surface area contributed by atoms with E-state index < -0.39 is 0 Å². The van der Waals surface area contributed by atoms with Crippen molar-refractivity contribution in [3.05, 3.63) is 42.4 Å². The van der Waals surface area contributed by atoms with E-state index in [0.717, 1.165) is 18.4 Å². The number of pyridine rings is 1. The minimum absolute atomic E-state index is 0.126. The number of amides is 1. The average molecular weight is 366 g/mol. The fourth-order valence-electron chi connectivity index (χ4n) is 3.33. The van der Waals surface area contributed by atoms with Crippen LogP contribution in [0.3, 0.4) is 0 Å². The van der Waals surface area contributed by atoms with Crippen molar-refractivity contribution in [2.45, 2.75) is 51.5 Å². The van der Waals surface area contributed by atoms with E-state index in [2.05, 4.69) is 25.4 Å². The van der Waals surface area contributed by atoms with Crippen LogP contribution in [0.5, 0.6) is 0 Å². The molecule has 1 saturated carbocycles. The Labute approximate surface area is 157 Å². The molecule has 1 aliphatic rings. The summed E-state index contributed by atoms with van der Waals surface area (Å²) in [6.07, 6.45) is 11.9. The topological polar surface area (TPSA) is 98.7 Å². The predicted octanol–water partition coefficient (Wildman–Crippen LogP) is 3.08. The smallest absolute Gasteiger partial charge is 0.271 e. The second-order valence-corrected chi connectivity index (χ2v) is 6.88. The average Bonchev–Trinajstić information content (AvgIpc) is 3.27. The molecule has 27 heavy (non-hydrogen) atoms. The van der Waals surface area contributed by atoms with Crippen LogP contribution in [-0.4, -0.2) is 36.6 Å². The fraction of sp³-hybridized carbons (Fsp3) is 0.421. The maximum Gasteiger partial charge on any atom is 0.271 e. The summed E-state index contributed by atoms with van der Waals surface area (Å²) < 4.78 is 6.87. The number of aryl methyl sites for hydroxylation is 1. The molecule has 0 aromatic carbocycles. The number of nitrogens with one attached hydrogen (secondary N) is 1. The van der Waals surface area contributed by atoms with Gasteiger partial charge in [-0.05, 0) is 31.9 Å². The Morgan fingerprint density at radius 3 is 2.67 bits per heavy atom. The third kappa shape index (κ3) is 4.05. The van der Waals surface area contributed by atoms with E-state index in [9.17, 15) is 4.79 Å². The molecule has 0 unspecified atom stereocenters. The SMILES string of the molecule is Cc1noc(-c2ccc(-n3cnc(C(=O)NC4CCCCCC4)c3)nc2)n1. The second kappa shape index (κ2) is 7.69. The molecule has 3 aromatic heterocycles. The fourth-order valence-corrected chi connectivity index (χ4v) is 3.33. The molecule has 0 spiro atoms. The molecule has 0 bridgehead atoms. The molecule has 0 atom stereocenters. The number of carbonyl (C=O) groups excluding carboxylic acids is 1. The summed E-state index contributed by atoms with van der Waals surface area (Å²) in [5.41, 5.74) is 1.14. The van der Waals surface area contributed by atoms with Gasteiger partial charge in [0.15, 0.2) is 5.82 Å². The van der Waals surface area contributed by atoms with Gasteiger partial charge in [0, 0.05) is 18.4 Å². The van der Waals surface area contributed by atoms with E-state index in [-0.39, 0.29) is 11.9 Å². The lowest BCUT2D eigenvalue weighted by Crippen LogP contribution is -2.34. The largest absolute Gasteiger partial charge is 0.348 e. The van der Waals surface area contributed by atoms with Crippen molar-refractivity contribution in [3.8, 4) is 17.3 Å². The highest BCUT2D eigenvalue weighted by molar-refractivity contribution is 5.92. The molecule has 8 nitrogen and oxygen atoms in total. The highest BCUT2D eigenvalue weighted by Gasteiger charge is 2.17. The number of carbonyl (C=O) groups is 1. The molecule has 8 heteroatoms. The van der Waals surface area contributed by atoms with Crippen molar-refractivity contribution in [3.63, 3.8) is 0 Å². The molecule has 140 valence electrons. The van der Waals surface area contributed by atoms with Gasteiger partial charge in [0.2, 0.25) is 0 Å². The molecule has 0 aliphatic heterocycles. The van der Waals surface area contributed by atoms with Crippen LogP contribution in [0.4, 0.5) is 0 Å². The van der Waals surface area contributed by atoms with Crippen molar-refractivity contribution in [1.29, 1.82) is 0 Å². The molecule has 1 aliphatic carbocycles. The zero-order chi connectivity index (χ0) is 18.6. The van der Waals surface area contributed by atoms with Crippen LogP contribution in [0.2, 0.25) is 0 Å². The lowest BCUT2D eigenvalue weighted by molar-refractivity contribution is 0.0928. The first-order valence-corrected chi connectivity index (χ1v) is 9.31. The van der Waals surface area contributed by atoms with E-state index in [0.29, 0.717) is 23.2 Å². The first-order chi connectivity index (χ1) is 13.2. The molecular formula is C19H22N6O2. The van der Waals surface area contributed by atoms with Gasteiger partial charge in [-0.3, -0.25) is 9.36 Å². The molecule has 1 amide bonds. The Morgan fingerprint density at radius 1 is 1.19 bits per heavy atom. The lowest BCUT2D eigenvalue weighted by atomic mass is 10.1. The summed E-state index contributed by atoms with van der Waals surface area (Å²) in [5, 5.41) is 6.89. The Morgan fingerprint density at radius 2 is 2.00 bits per heavy atom. The molecule has 3 aromatic rings. The molecule has 3 heterocycles. The molecule has 0 radical (unpaired) electrons. The van der Waals surface area contributed by atoms with E-state index in [4.69, 9.17) is 4.52 Å². The number of imidazole rings is 1. The van der Waals surface area contributed by atoms with E-state index >= 15 is 0 Å². The van der Waals surface area contributed by atoms with Gasteiger partial charge in [0.05, 0.1) is 5.56 Å². The number of aromatic nitrogens is 5. The maximum atomic E-state index is 12.5. The number of hydrogen-bond donors (Lipinski definition) is 1. The van der Waals surface area contributed by atoms with Crippen LogP contribution in [0, 0.1) is 6.92 Å². The van der Waals surface area contributed by atoms with Gasteiger partial charge in [-0.1, -0.05) is 30.8 Å². The third-order valence-electron chi connectivity index (χ3n) is 4.79. The minimum atomic E-state index is -0.126. The van der Waals surface area contributed by atoms with Crippen molar-refractivity contribution >= 4 is 5.91 Å². The molecule has 0 saturated heterocycles. The number of hydrogen-bond acceptors (Lipinski definition) is 6. The van der Waals surface area contributed by atoms with Crippen LogP contribution < -0.4 is 5.32 Å². The minimum Gasteiger partial charge on any atom is -0.348 e. The Kier molecular flexibility index (Phi) is 4.95. The Hall–Kier alpha value is -3.03. The zero-order valence-electron chi connectivity index (χ0n) is 15.3. The van der Waals surface area contributed by atoms with Crippen LogP contribution in [0.1, 0.15) is 54.8 Å². The Bertz CT molecular complexity index is 906. The van der Waals surface area contributed by atoms with Gasteiger partial charge in [0.1, 0.15) is 17.8 Å². The van der Waals surface area contributed by atoms with Crippen molar-refractivity contribution in [1.82, 2.24) is 30.0 Å². The van der Waals surface area contributed by atoms with Gasteiger partial charge >= 0.3 is 0 Å². The van der Waals surface area contributed by atoms with Crippen LogP contribution in [0.15, 0.2) is 35.4 Å². The first-order valence-electron chi connectivity index (χ1n) is 9.31. The summed E-state index contributed by atoms with van der Waals surface area (Å²) in [6.45, 7) is 1.77. The number of nitrogens with zero attached hydrogens (tertiary/aromatic N) is 5. The molecular weight excluding hydrogens is 344 g/mol. The van der Waals surface area contributed by atoms with Crippen molar-refractivity contribution in [2.24, 2.45) is 0 Å². The van der Waals surface area contributed by atoms with Crippen molar-refractivity contribution in [2.75, 3.05) is 0 Å². The van der Waals surface area contributed by atoms with Crippen LogP contribution in [0.25, 0.3) is 17.3 Å². The molecule has 1 N–H and O–H groups in total. The molecule has 1 fully saturated rings. The van der Waals surface area contributed by atoms with E-state index in [1.807, 2.05) is 12.1 Å². The standard InChI is InChI=1S/C19H22N6O2/c1-13-22-19(27-24-13)14-8-9-17(20-10-14)25-11-16(21-12-25)18(26)23-15-6-4-2-3-5-7-15/h8-12,15H,2-7H2,1H3,(H,23,26). The highest BCUT2D eigenvalue weighted by atomic mass is 16.5. The van der Waals surface area contributed by atoms with Crippen LogP contribution >= 0.6 is 0 Å². The number of rotatable bonds is 4. The lowest BCUT2D eigenvalue weighted by Gasteiger charge is -2.15. The monoisotopic (exact) mass is 366 g/mol. The summed E-state index contributed by atoms with van der Waals surface area (Å²) in [6, 6.07) is 3.92. The van der Waals surface area contributed by atoms with E-state index in [1.165, 1.54) is 25.7 Å². The van der Waals surface area contributed by atoms with Crippen molar-refractivity contribution < 1.29 is 9.32 Å². The van der Waals surface area contributed by atoms with Gasteiger partial charge < -0.3 is 9.84 Å². The Balaban J connectivity index is 1.44. The summed E-state index contributed by atoms with van der Waals surface area (Å²) in [5.74, 6) is 1.54. The predicted molar refractivity (Wildman–Crippen MR) is 98.3 cm³/mol. The van der Waals surface area contributed by atoms with Gasteiger partial charge in [0.25, 0.3) is 11.8 Å². The quantitative estimate of drug-likeness (QED) is 0.713. The molecule has 4 rings (SSSR count). The third-order valence-corrected chi connectivity index (χ3v) is 4.79. The van der Waals surface area contributed by atoms with Gasteiger partial charge in [-0.25, -0.2) is 9.97 Å². The second-order valence-electron chi connectivity index (χ2n) is 6.88. The first kappa shape index (κ1) is 17.4. The highest BCUT2D eigenvalue weighted by Crippen LogP contribution is 2.19. The summed E-state index contributed by atoms with van der Waals surface area (Å²) in [4.78, 5) is 25.3. The van der Waals surface area contributed by atoms with Gasteiger partial charge in [-0.2, -0.15) is 4.98 Å². The van der Waals surface area contributed by atoms with Gasteiger partial charge in [-0.15, -0.1) is 0 Å². The van der Waals surface area contributed by atoms with Crippen LogP contribution in [-0.2, 0) is 0 Å². The van der Waals surface area contributed by atoms with E-state index in [1.54, 1.807) is 30.2 Å². The summed E-state index contributed by atoms with van der Waals surface area (Å²) >= 11 is 0. The summed E-state index contributed by atoms with van der Waals surface area (Å²) in [7, 11) is 0. The zero-order valence-corrected chi connectivity index (χ0v) is 15.3. The maximum absolute atomic E-state index is 12.5. The normalized spacial score (nSPS) is 15.4.